The molecule has 0 bridgehead atoms. The number of carbonyl (C=O) groups is 3. The zero-order chi connectivity index (χ0) is 14.4. The van der Waals surface area contributed by atoms with E-state index in [0.29, 0.717) is 0 Å². The fraction of sp³-hybridized carbons (Fsp3) is 0.727. The maximum absolute atomic E-state index is 11.8. The largest absolute Gasteiger partial charge is 0.481 e. The minimum absolute atomic E-state index is 0.0713. The molecule has 0 aliphatic carbocycles. The first kappa shape index (κ1) is 15.2. The van der Waals surface area contributed by atoms with Gasteiger partial charge < -0.3 is 24.8 Å². The van der Waals surface area contributed by atoms with Gasteiger partial charge in [0.05, 0.1) is 25.9 Å². The number of likely N-dealkylation sites (N-methyl/N-ethyl adjacent to an activating group) is 1. The third-order valence-electron chi connectivity index (χ3n) is 2.72. The quantitative estimate of drug-likeness (QED) is 0.642. The first-order valence-corrected chi connectivity index (χ1v) is 5.93. The molecule has 19 heavy (non-hydrogen) atoms. The number of hydrogen-bond acceptors (Lipinski definition) is 5. The lowest BCUT2D eigenvalue weighted by Gasteiger charge is -2.21. The Labute approximate surface area is 110 Å². The number of nitrogens with zero attached hydrogens (tertiary/aromatic N) is 1. The maximum Gasteiger partial charge on any atom is 0.325 e. The van der Waals surface area contributed by atoms with Crippen LogP contribution in [0.4, 0.5) is 4.79 Å². The van der Waals surface area contributed by atoms with Gasteiger partial charge in [-0.05, 0) is 6.92 Å². The van der Waals surface area contributed by atoms with E-state index in [9.17, 15) is 14.4 Å². The van der Waals surface area contributed by atoms with Crippen LogP contribution in [0, 0.1) is 5.92 Å². The molecule has 2 amide bonds. The Kier molecular flexibility index (Phi) is 5.56. The zero-order valence-corrected chi connectivity index (χ0v) is 10.9. The number of urea groups is 1. The van der Waals surface area contributed by atoms with Crippen LogP contribution in [-0.2, 0) is 19.1 Å². The Hall–Kier alpha value is -1.83. The van der Waals surface area contributed by atoms with Crippen LogP contribution in [0.3, 0.4) is 0 Å². The van der Waals surface area contributed by atoms with Crippen molar-refractivity contribution in [1.82, 2.24) is 10.2 Å². The third-order valence-corrected chi connectivity index (χ3v) is 2.72. The second-order valence-electron chi connectivity index (χ2n) is 4.20. The van der Waals surface area contributed by atoms with Crippen LogP contribution in [0.1, 0.15) is 6.92 Å². The summed E-state index contributed by atoms with van der Waals surface area (Å²) in [7, 11) is 1.43. The van der Waals surface area contributed by atoms with Crippen LogP contribution in [0.25, 0.3) is 0 Å². The van der Waals surface area contributed by atoms with E-state index >= 15 is 0 Å². The molecule has 1 rings (SSSR count). The van der Waals surface area contributed by atoms with E-state index in [0.717, 1.165) is 4.90 Å². The summed E-state index contributed by atoms with van der Waals surface area (Å²) in [6, 6.07) is -1.12. The third kappa shape index (κ3) is 4.40. The summed E-state index contributed by atoms with van der Waals surface area (Å²) in [6.07, 6.45) is 0. The Balaban J connectivity index is 2.45. The summed E-state index contributed by atoms with van der Waals surface area (Å²) in [5.41, 5.74) is 0. The van der Waals surface area contributed by atoms with Crippen molar-refractivity contribution in [3.63, 3.8) is 0 Å². The van der Waals surface area contributed by atoms with E-state index in [2.05, 4.69) is 5.32 Å². The van der Waals surface area contributed by atoms with Gasteiger partial charge in [0, 0.05) is 7.05 Å². The molecule has 1 heterocycles. The van der Waals surface area contributed by atoms with Crippen LogP contribution < -0.4 is 5.32 Å². The summed E-state index contributed by atoms with van der Waals surface area (Å²) < 4.78 is 9.74. The van der Waals surface area contributed by atoms with Crippen molar-refractivity contribution >= 4 is 18.0 Å². The van der Waals surface area contributed by atoms with Crippen molar-refractivity contribution in [3.8, 4) is 0 Å². The highest BCUT2D eigenvalue weighted by Gasteiger charge is 2.35. The molecule has 1 aliphatic heterocycles. The second-order valence-corrected chi connectivity index (χ2v) is 4.20. The average Bonchev–Trinajstić information content (AvgIpc) is 2.77. The van der Waals surface area contributed by atoms with Crippen molar-refractivity contribution < 1.29 is 29.0 Å². The van der Waals surface area contributed by atoms with Gasteiger partial charge in [-0.25, -0.2) is 4.79 Å². The van der Waals surface area contributed by atoms with Crippen LogP contribution >= 0.6 is 0 Å². The van der Waals surface area contributed by atoms with Crippen LogP contribution in [-0.4, -0.2) is 67.4 Å². The van der Waals surface area contributed by atoms with Gasteiger partial charge in [0.1, 0.15) is 12.5 Å². The van der Waals surface area contributed by atoms with Crippen LogP contribution in [0.5, 0.6) is 0 Å². The van der Waals surface area contributed by atoms with Crippen LogP contribution in [0.2, 0.25) is 0 Å². The Morgan fingerprint density at radius 1 is 1.42 bits per heavy atom. The maximum atomic E-state index is 11.8. The number of rotatable bonds is 5. The molecule has 108 valence electrons. The highest BCUT2D eigenvalue weighted by atomic mass is 16.5. The fourth-order valence-corrected chi connectivity index (χ4v) is 1.68. The standard InChI is InChI=1S/C11H18N2O6/c1-3-19-9(14)4-13(2)11(17)12-8-6-18-5-7(8)10(15)16/h7-8H,3-6H2,1-2H3,(H,12,17)(H,15,16). The molecule has 1 fully saturated rings. The fourth-order valence-electron chi connectivity index (χ4n) is 1.68. The minimum atomic E-state index is -1.02. The summed E-state index contributed by atoms with van der Waals surface area (Å²) >= 11 is 0. The van der Waals surface area contributed by atoms with Crippen LogP contribution in [0.15, 0.2) is 0 Å². The van der Waals surface area contributed by atoms with E-state index < -0.39 is 29.9 Å². The molecule has 0 spiro atoms. The van der Waals surface area contributed by atoms with Gasteiger partial charge in [-0.2, -0.15) is 0 Å². The van der Waals surface area contributed by atoms with Gasteiger partial charge in [0.25, 0.3) is 0 Å². The normalized spacial score (nSPS) is 21.8. The lowest BCUT2D eigenvalue weighted by molar-refractivity contribution is -0.144. The number of carboxylic acids is 1. The van der Waals surface area contributed by atoms with Gasteiger partial charge in [-0.15, -0.1) is 0 Å². The number of nitrogens with one attached hydrogen (secondary N) is 1. The lowest BCUT2D eigenvalue weighted by atomic mass is 10.0. The second kappa shape index (κ2) is 6.93. The molecule has 2 atom stereocenters. The molecule has 2 unspecified atom stereocenters. The van der Waals surface area contributed by atoms with Crippen molar-refractivity contribution in [1.29, 1.82) is 0 Å². The number of esters is 1. The zero-order valence-electron chi connectivity index (χ0n) is 10.9. The SMILES string of the molecule is CCOC(=O)CN(C)C(=O)NC1COCC1C(=O)O. The molecule has 1 aliphatic rings. The number of carbonyl (C=O) groups excluding carboxylic acids is 2. The van der Waals surface area contributed by atoms with E-state index in [1.807, 2.05) is 0 Å². The Bertz CT molecular complexity index is 359. The lowest BCUT2D eigenvalue weighted by Crippen LogP contribution is -2.49. The number of aliphatic carboxylic acids is 1. The number of amides is 2. The predicted octanol–water partition coefficient (Wildman–Crippen LogP) is -0.709. The first-order chi connectivity index (χ1) is 8.95. The van der Waals surface area contributed by atoms with E-state index in [1.165, 1.54) is 7.05 Å². The number of carboxylic acid groups (broad SMARTS) is 1. The van der Waals surface area contributed by atoms with Gasteiger partial charge in [-0.1, -0.05) is 0 Å². The smallest absolute Gasteiger partial charge is 0.325 e. The van der Waals surface area contributed by atoms with Gasteiger partial charge in [0.2, 0.25) is 0 Å². The van der Waals surface area contributed by atoms with Gasteiger partial charge in [0.15, 0.2) is 0 Å². The molecule has 1 saturated heterocycles. The summed E-state index contributed by atoms with van der Waals surface area (Å²) in [5.74, 6) is -2.30. The van der Waals surface area contributed by atoms with Gasteiger partial charge >= 0.3 is 18.0 Å². The topological polar surface area (TPSA) is 105 Å². The van der Waals surface area contributed by atoms with Crippen molar-refractivity contribution in [2.45, 2.75) is 13.0 Å². The first-order valence-electron chi connectivity index (χ1n) is 5.93. The molecule has 2 N–H and O–H groups in total. The monoisotopic (exact) mass is 274 g/mol. The average molecular weight is 274 g/mol. The van der Waals surface area contributed by atoms with E-state index in [4.69, 9.17) is 14.6 Å². The molecular formula is C11H18N2O6. The van der Waals surface area contributed by atoms with E-state index in [1.54, 1.807) is 6.92 Å². The Morgan fingerprint density at radius 3 is 2.68 bits per heavy atom. The van der Waals surface area contributed by atoms with Gasteiger partial charge in [-0.3, -0.25) is 9.59 Å². The number of ether oxygens (including phenoxy) is 2. The molecule has 0 radical (unpaired) electrons. The molecule has 0 aromatic heterocycles. The molecule has 8 heteroatoms. The molecule has 0 saturated carbocycles. The van der Waals surface area contributed by atoms with Crippen molar-refractivity contribution in [3.05, 3.63) is 0 Å². The molecule has 0 aromatic carbocycles. The summed E-state index contributed by atoms with van der Waals surface area (Å²) in [5, 5.41) is 11.5. The summed E-state index contributed by atoms with van der Waals surface area (Å²) in [4.78, 5) is 35.0. The predicted molar refractivity (Wildman–Crippen MR) is 63.5 cm³/mol. The summed E-state index contributed by atoms with van der Waals surface area (Å²) in [6.45, 7) is 1.94. The number of hydrogen-bond donors (Lipinski definition) is 2. The molecule has 8 nitrogen and oxygen atoms in total. The Morgan fingerprint density at radius 2 is 2.11 bits per heavy atom. The molecule has 0 aromatic rings. The highest BCUT2D eigenvalue weighted by Crippen LogP contribution is 2.14. The van der Waals surface area contributed by atoms with Crippen molar-refractivity contribution in [2.24, 2.45) is 5.92 Å². The highest BCUT2D eigenvalue weighted by molar-refractivity contribution is 5.81. The van der Waals surface area contributed by atoms with Crippen molar-refractivity contribution in [2.75, 3.05) is 33.4 Å². The van der Waals surface area contributed by atoms with E-state index in [-0.39, 0.29) is 26.4 Å². The molecular weight excluding hydrogens is 256 g/mol. The minimum Gasteiger partial charge on any atom is -0.481 e.